The minimum Gasteiger partial charge on any atom is -0.454 e. The molecule has 36 heavy (non-hydrogen) atoms. The van der Waals surface area contributed by atoms with Crippen molar-refractivity contribution in [3.8, 4) is 11.5 Å². The van der Waals surface area contributed by atoms with E-state index in [1.807, 2.05) is 4.90 Å². The summed E-state index contributed by atoms with van der Waals surface area (Å²) >= 11 is 0. The van der Waals surface area contributed by atoms with E-state index in [0.717, 1.165) is 0 Å². The van der Waals surface area contributed by atoms with Crippen molar-refractivity contribution in [2.24, 2.45) is 0 Å². The van der Waals surface area contributed by atoms with Gasteiger partial charge in [0, 0.05) is 44.1 Å². The highest BCUT2D eigenvalue weighted by Gasteiger charge is 2.27. The Morgan fingerprint density at radius 2 is 1.64 bits per heavy atom. The number of carbonyl (C=O) groups excluding carboxylic acids is 2. The molecule has 2 N–H and O–H groups in total. The molecule has 0 saturated carbocycles. The molecule has 184 valence electrons. The molecule has 0 unspecified atom stereocenters. The number of nitrogens with zero attached hydrogens (tertiary/aromatic N) is 4. The Hall–Kier alpha value is -4.51. The van der Waals surface area contributed by atoms with Crippen LogP contribution in [0.1, 0.15) is 21.5 Å². The van der Waals surface area contributed by atoms with Gasteiger partial charge in [-0.05, 0) is 41.5 Å². The number of rotatable bonds is 5. The van der Waals surface area contributed by atoms with Crippen LogP contribution in [0.3, 0.4) is 0 Å². The molecule has 0 aliphatic carbocycles. The highest BCUT2D eigenvalue weighted by Crippen LogP contribution is 2.35. The first-order chi connectivity index (χ1) is 17.5. The lowest BCUT2D eigenvalue weighted by Crippen LogP contribution is -2.49. The molecule has 0 spiro atoms. The predicted molar refractivity (Wildman–Crippen MR) is 127 cm³/mol. The molecule has 2 aliphatic rings. The highest BCUT2D eigenvalue weighted by atomic mass is 19.1. The first-order valence-corrected chi connectivity index (χ1v) is 11.2. The number of piperazine rings is 1. The summed E-state index contributed by atoms with van der Waals surface area (Å²) in [6, 6.07) is 11.3. The van der Waals surface area contributed by atoms with Crippen molar-refractivity contribution < 1.29 is 28.7 Å². The Morgan fingerprint density at radius 3 is 2.33 bits per heavy atom. The van der Waals surface area contributed by atoms with Gasteiger partial charge in [0.05, 0.1) is 5.56 Å². The topological polar surface area (TPSA) is 117 Å². The largest absolute Gasteiger partial charge is 0.454 e. The van der Waals surface area contributed by atoms with Gasteiger partial charge >= 0.3 is 0 Å². The normalized spacial score (nSPS) is 15.1. The first-order valence-electron chi connectivity index (χ1n) is 11.2. The maximum Gasteiger partial charge on any atom is 0.277 e. The fourth-order valence-corrected chi connectivity index (χ4v) is 4.00. The van der Waals surface area contributed by atoms with Crippen LogP contribution in [0.2, 0.25) is 0 Å². The van der Waals surface area contributed by atoms with Crippen LogP contribution in [0.15, 0.2) is 54.9 Å². The molecule has 2 aromatic carbocycles. The molecule has 1 aromatic heterocycles. The number of aromatic nitrogens is 2. The minimum absolute atomic E-state index is 0.124. The number of carbonyl (C=O) groups is 2. The van der Waals surface area contributed by atoms with Crippen LogP contribution < -0.4 is 19.9 Å². The average molecular weight is 491 g/mol. The molecule has 3 heterocycles. The number of hydrogen-bond donors (Lipinski definition) is 2. The summed E-state index contributed by atoms with van der Waals surface area (Å²) in [7, 11) is 0. The third kappa shape index (κ3) is 4.82. The predicted octanol–water partition coefficient (Wildman–Crippen LogP) is 2.35. The Kier molecular flexibility index (Phi) is 6.46. The lowest BCUT2D eigenvalue weighted by molar-refractivity contribution is -0.125. The third-order valence-electron chi connectivity index (χ3n) is 5.95. The second-order valence-electron chi connectivity index (χ2n) is 8.17. The van der Waals surface area contributed by atoms with Crippen LogP contribution in [-0.4, -0.2) is 64.9 Å². The average Bonchev–Trinajstić information content (AvgIpc) is 3.40. The van der Waals surface area contributed by atoms with E-state index in [0.29, 0.717) is 60.3 Å². The van der Waals surface area contributed by atoms with Crippen LogP contribution in [0.4, 0.5) is 10.3 Å². The summed E-state index contributed by atoms with van der Waals surface area (Å²) in [5.74, 6) is 0.379. The van der Waals surface area contributed by atoms with E-state index in [2.05, 4.69) is 9.97 Å². The standard InChI is InChI=1S/C25H22FN5O5/c26-19-4-1-16(2-5-19)11-20(17-3-6-21-22(12-17)36-15-35-21)24(33)30-7-9-31(10-8-30)25-27-13-18(14-28-25)23(32)29-34/h1-6,11-14,34H,7-10,15H2,(H,29,32)/b20-11+. The number of anilines is 1. The smallest absolute Gasteiger partial charge is 0.277 e. The van der Waals surface area contributed by atoms with E-state index in [1.54, 1.807) is 46.8 Å². The quantitative estimate of drug-likeness (QED) is 0.242. The zero-order chi connectivity index (χ0) is 25.1. The maximum atomic E-state index is 13.7. The highest BCUT2D eigenvalue weighted by molar-refractivity contribution is 6.24. The van der Waals surface area contributed by atoms with Gasteiger partial charge in [-0.2, -0.15) is 0 Å². The summed E-state index contributed by atoms with van der Waals surface area (Å²) in [5, 5.41) is 8.73. The Balaban J connectivity index is 1.35. The molecule has 0 radical (unpaired) electrons. The van der Waals surface area contributed by atoms with E-state index in [4.69, 9.17) is 14.7 Å². The molecule has 0 atom stereocenters. The van der Waals surface area contributed by atoms with Crippen LogP contribution >= 0.6 is 0 Å². The lowest BCUT2D eigenvalue weighted by Gasteiger charge is -2.35. The van der Waals surface area contributed by atoms with Gasteiger partial charge in [-0.1, -0.05) is 18.2 Å². The van der Waals surface area contributed by atoms with Gasteiger partial charge in [-0.25, -0.2) is 19.8 Å². The number of fused-ring (bicyclic) bond motifs is 1. The van der Waals surface area contributed by atoms with E-state index < -0.39 is 5.91 Å². The molecular formula is C25H22FN5O5. The van der Waals surface area contributed by atoms with Crippen molar-refractivity contribution >= 4 is 29.4 Å². The molecule has 1 fully saturated rings. The zero-order valence-electron chi connectivity index (χ0n) is 19.1. The number of nitrogens with one attached hydrogen (secondary N) is 1. The number of amides is 2. The second kappa shape index (κ2) is 10.0. The molecule has 10 nitrogen and oxygen atoms in total. The van der Waals surface area contributed by atoms with Gasteiger partial charge in [0.2, 0.25) is 12.7 Å². The fourth-order valence-electron chi connectivity index (χ4n) is 4.00. The monoisotopic (exact) mass is 491 g/mol. The third-order valence-corrected chi connectivity index (χ3v) is 5.95. The van der Waals surface area contributed by atoms with Crippen molar-refractivity contribution in [3.63, 3.8) is 0 Å². The molecule has 3 aromatic rings. The van der Waals surface area contributed by atoms with Gasteiger partial charge in [0.1, 0.15) is 5.82 Å². The van der Waals surface area contributed by atoms with E-state index in [9.17, 15) is 14.0 Å². The van der Waals surface area contributed by atoms with Gasteiger partial charge in [-0.3, -0.25) is 14.8 Å². The van der Waals surface area contributed by atoms with E-state index in [-0.39, 0.29) is 24.1 Å². The summed E-state index contributed by atoms with van der Waals surface area (Å²) in [6.07, 6.45) is 4.39. The molecule has 5 rings (SSSR count). The summed E-state index contributed by atoms with van der Waals surface area (Å²) in [5.41, 5.74) is 3.48. The lowest BCUT2D eigenvalue weighted by atomic mass is 10.0. The number of ether oxygens (including phenoxy) is 2. The van der Waals surface area contributed by atoms with Crippen molar-refractivity contribution in [3.05, 3.63) is 77.4 Å². The van der Waals surface area contributed by atoms with Crippen molar-refractivity contribution in [1.29, 1.82) is 0 Å². The van der Waals surface area contributed by atoms with E-state index >= 15 is 0 Å². The summed E-state index contributed by atoms with van der Waals surface area (Å²) in [6.45, 7) is 1.95. The molecule has 2 aliphatic heterocycles. The first kappa shape index (κ1) is 23.2. The number of benzene rings is 2. The molecule has 2 amide bonds. The minimum atomic E-state index is -0.694. The van der Waals surface area contributed by atoms with Crippen molar-refractivity contribution in [1.82, 2.24) is 20.3 Å². The van der Waals surface area contributed by atoms with Crippen molar-refractivity contribution in [2.45, 2.75) is 0 Å². The van der Waals surface area contributed by atoms with Crippen molar-refractivity contribution in [2.75, 3.05) is 37.9 Å². The van der Waals surface area contributed by atoms with Crippen LogP contribution in [0.25, 0.3) is 11.6 Å². The number of hydrogen-bond acceptors (Lipinski definition) is 8. The van der Waals surface area contributed by atoms with Gasteiger partial charge in [-0.15, -0.1) is 0 Å². The van der Waals surface area contributed by atoms with Gasteiger partial charge < -0.3 is 19.3 Å². The van der Waals surface area contributed by atoms with E-state index in [1.165, 1.54) is 24.5 Å². The van der Waals surface area contributed by atoms with Gasteiger partial charge in [0.25, 0.3) is 11.8 Å². The SMILES string of the molecule is O=C(NO)c1cnc(N2CCN(C(=O)/C(=C/c3ccc(F)cc3)c3ccc4c(c3)OCO4)CC2)nc1. The molecule has 1 saturated heterocycles. The Labute approximate surface area is 205 Å². The molecular weight excluding hydrogens is 469 g/mol. The van der Waals surface area contributed by atoms with Crippen LogP contribution in [0.5, 0.6) is 11.5 Å². The maximum absolute atomic E-state index is 13.7. The Morgan fingerprint density at radius 1 is 0.944 bits per heavy atom. The second-order valence-corrected chi connectivity index (χ2v) is 8.17. The van der Waals surface area contributed by atoms with Crippen LogP contribution in [0, 0.1) is 5.82 Å². The summed E-state index contributed by atoms with van der Waals surface area (Å²) in [4.78, 5) is 37.2. The van der Waals surface area contributed by atoms with Gasteiger partial charge in [0.15, 0.2) is 11.5 Å². The Bertz CT molecular complexity index is 1310. The number of halogens is 1. The fraction of sp³-hybridized carbons (Fsp3) is 0.200. The van der Waals surface area contributed by atoms with Crippen LogP contribution in [-0.2, 0) is 4.79 Å². The zero-order valence-corrected chi connectivity index (χ0v) is 19.1. The molecule has 11 heteroatoms. The molecule has 0 bridgehead atoms. The number of hydroxylamine groups is 1. The summed E-state index contributed by atoms with van der Waals surface area (Å²) < 4.78 is 24.3.